The number of benzene rings is 1. The molecule has 0 saturated heterocycles. The van der Waals surface area contributed by atoms with Crippen LogP contribution in [-0.2, 0) is 4.74 Å². The number of nitrogens with zero attached hydrogens (tertiary/aromatic N) is 1. The van der Waals surface area contributed by atoms with Crippen molar-refractivity contribution < 1.29 is 14.6 Å². The zero-order valence-electron chi connectivity index (χ0n) is 15.3. The molecule has 2 rings (SSSR count). The monoisotopic (exact) mass is 359 g/mol. The summed E-state index contributed by atoms with van der Waals surface area (Å²) < 4.78 is 4.93. The number of aromatic hydroxyl groups is 1. The van der Waals surface area contributed by atoms with Crippen molar-refractivity contribution in [3.63, 3.8) is 0 Å². The van der Waals surface area contributed by atoms with Gasteiger partial charge in [-0.15, -0.1) is 0 Å². The topological polar surface area (TPSA) is 104 Å². The number of fused-ring (bicyclic) bond motifs is 1. The Morgan fingerprint density at radius 1 is 1.35 bits per heavy atom. The van der Waals surface area contributed by atoms with Gasteiger partial charge in [-0.25, -0.2) is 4.79 Å². The van der Waals surface area contributed by atoms with E-state index < -0.39 is 6.09 Å². The van der Waals surface area contributed by atoms with Gasteiger partial charge in [-0.3, -0.25) is 14.8 Å². The lowest BCUT2D eigenvalue weighted by Crippen LogP contribution is -2.38. The first-order valence-electron chi connectivity index (χ1n) is 8.69. The van der Waals surface area contributed by atoms with E-state index in [1.54, 1.807) is 31.2 Å². The van der Waals surface area contributed by atoms with Crippen LogP contribution >= 0.6 is 0 Å². The quantitative estimate of drug-likeness (QED) is 0.661. The number of alkyl carbamates (subject to hydrolysis) is 1. The molecule has 0 bridgehead atoms. The molecule has 1 aromatic heterocycles. The Bertz CT molecular complexity index is 842. The smallest absolute Gasteiger partial charge is 0.407 e. The summed E-state index contributed by atoms with van der Waals surface area (Å²) in [5, 5.41) is 14.0. The molecule has 0 radical (unpaired) electrons. The van der Waals surface area contributed by atoms with Crippen LogP contribution in [-0.4, -0.2) is 41.6 Å². The lowest BCUT2D eigenvalue weighted by molar-refractivity contribution is 0.147. The van der Waals surface area contributed by atoms with Gasteiger partial charge in [0.25, 0.3) is 5.56 Å². The first kappa shape index (κ1) is 19.5. The SMILES string of the molecule is CCOC(=O)NC(CN=Cc1c(O)[nH]c(=O)c2ccccc12)CC(C)C. The molecule has 140 valence electrons. The van der Waals surface area contributed by atoms with E-state index in [1.165, 1.54) is 6.21 Å². The number of carbonyl (C=O) groups is 1. The normalized spacial score (nSPS) is 12.6. The van der Waals surface area contributed by atoms with Gasteiger partial charge >= 0.3 is 6.09 Å². The van der Waals surface area contributed by atoms with Crippen LogP contribution in [0.5, 0.6) is 5.88 Å². The van der Waals surface area contributed by atoms with Crippen LogP contribution in [0.1, 0.15) is 32.8 Å². The lowest BCUT2D eigenvalue weighted by atomic mass is 10.0. The minimum atomic E-state index is -0.467. The van der Waals surface area contributed by atoms with Crippen LogP contribution in [0.25, 0.3) is 10.8 Å². The van der Waals surface area contributed by atoms with Crippen molar-refractivity contribution in [1.82, 2.24) is 10.3 Å². The van der Waals surface area contributed by atoms with Gasteiger partial charge in [0.1, 0.15) is 0 Å². The summed E-state index contributed by atoms with van der Waals surface area (Å²) in [6.07, 6.45) is 1.80. The zero-order chi connectivity index (χ0) is 19.1. The maximum Gasteiger partial charge on any atom is 0.407 e. The van der Waals surface area contributed by atoms with E-state index in [-0.39, 0.29) is 17.5 Å². The Balaban J connectivity index is 2.21. The predicted octanol–water partition coefficient (Wildman–Crippen LogP) is 2.81. The molecule has 0 aliphatic heterocycles. The summed E-state index contributed by atoms with van der Waals surface area (Å²) in [6.45, 7) is 6.51. The fourth-order valence-corrected chi connectivity index (χ4v) is 2.78. The largest absolute Gasteiger partial charge is 0.494 e. The van der Waals surface area contributed by atoms with Gasteiger partial charge < -0.3 is 15.2 Å². The number of aromatic nitrogens is 1. The molecule has 1 aromatic carbocycles. The molecular formula is C19H25N3O4. The average Bonchev–Trinajstić information content (AvgIpc) is 2.57. The highest BCUT2D eigenvalue weighted by atomic mass is 16.5. The van der Waals surface area contributed by atoms with E-state index in [1.807, 2.05) is 0 Å². The predicted molar refractivity (Wildman–Crippen MR) is 102 cm³/mol. The molecule has 7 nitrogen and oxygen atoms in total. The Morgan fingerprint density at radius 2 is 2.04 bits per heavy atom. The fourth-order valence-electron chi connectivity index (χ4n) is 2.78. The van der Waals surface area contributed by atoms with Crippen LogP contribution in [0, 0.1) is 5.92 Å². The molecule has 0 saturated carbocycles. The van der Waals surface area contributed by atoms with Crippen molar-refractivity contribution in [3.05, 3.63) is 40.2 Å². The van der Waals surface area contributed by atoms with Gasteiger partial charge in [0.15, 0.2) is 0 Å². The van der Waals surface area contributed by atoms with Crippen molar-refractivity contribution >= 4 is 23.1 Å². The first-order valence-corrected chi connectivity index (χ1v) is 8.69. The summed E-state index contributed by atoms with van der Waals surface area (Å²) in [5.41, 5.74) is 0.0940. The summed E-state index contributed by atoms with van der Waals surface area (Å²) in [7, 11) is 0. The highest BCUT2D eigenvalue weighted by molar-refractivity contribution is 6.01. The molecule has 26 heavy (non-hydrogen) atoms. The van der Waals surface area contributed by atoms with Crippen molar-refractivity contribution in [2.24, 2.45) is 10.9 Å². The number of nitrogens with one attached hydrogen (secondary N) is 2. The molecule has 7 heteroatoms. The Hall–Kier alpha value is -2.83. The highest BCUT2D eigenvalue weighted by Gasteiger charge is 2.14. The number of hydrogen-bond donors (Lipinski definition) is 3. The zero-order valence-corrected chi connectivity index (χ0v) is 15.3. The van der Waals surface area contributed by atoms with Crippen LogP contribution in [0.2, 0.25) is 0 Å². The van der Waals surface area contributed by atoms with Gasteiger partial charge in [-0.1, -0.05) is 32.0 Å². The summed E-state index contributed by atoms with van der Waals surface area (Å²) in [6, 6.07) is 6.82. The molecule has 1 unspecified atom stereocenters. The first-order chi connectivity index (χ1) is 12.4. The lowest BCUT2D eigenvalue weighted by Gasteiger charge is -2.18. The number of amides is 1. The molecule has 0 aliphatic carbocycles. The van der Waals surface area contributed by atoms with E-state index in [9.17, 15) is 14.7 Å². The van der Waals surface area contributed by atoms with Crippen molar-refractivity contribution in [2.45, 2.75) is 33.2 Å². The van der Waals surface area contributed by atoms with Crippen LogP contribution < -0.4 is 10.9 Å². The second-order valence-electron chi connectivity index (χ2n) is 6.45. The number of ether oxygens (including phenoxy) is 1. The maximum atomic E-state index is 11.9. The number of rotatable bonds is 7. The molecule has 2 aromatic rings. The number of hydrogen-bond acceptors (Lipinski definition) is 5. The molecule has 1 atom stereocenters. The van der Waals surface area contributed by atoms with Crippen molar-refractivity contribution in [2.75, 3.05) is 13.2 Å². The van der Waals surface area contributed by atoms with Gasteiger partial charge in [0.05, 0.1) is 24.8 Å². The van der Waals surface area contributed by atoms with E-state index in [0.717, 1.165) is 6.42 Å². The average molecular weight is 359 g/mol. The van der Waals surface area contributed by atoms with Gasteiger partial charge in [-0.05, 0) is 25.3 Å². The third-order valence-electron chi connectivity index (χ3n) is 3.85. The number of carbonyl (C=O) groups excluding carboxylic acids is 1. The molecule has 0 spiro atoms. The molecule has 3 N–H and O–H groups in total. The molecule has 0 fully saturated rings. The number of pyridine rings is 1. The van der Waals surface area contributed by atoms with Gasteiger partial charge in [-0.2, -0.15) is 0 Å². The third kappa shape index (κ3) is 5.08. The molecular weight excluding hydrogens is 334 g/mol. The molecule has 1 amide bonds. The number of aromatic amines is 1. The minimum Gasteiger partial charge on any atom is -0.494 e. The van der Waals surface area contributed by atoms with Crippen molar-refractivity contribution in [3.8, 4) is 5.88 Å². The maximum absolute atomic E-state index is 11.9. The molecule has 0 aliphatic rings. The van der Waals surface area contributed by atoms with Crippen LogP contribution in [0.4, 0.5) is 4.79 Å². The second kappa shape index (κ2) is 9.03. The summed E-state index contributed by atoms with van der Waals surface area (Å²) >= 11 is 0. The fraction of sp³-hybridized carbons (Fsp3) is 0.421. The van der Waals surface area contributed by atoms with E-state index in [0.29, 0.717) is 35.4 Å². The van der Waals surface area contributed by atoms with Crippen molar-refractivity contribution in [1.29, 1.82) is 0 Å². The van der Waals surface area contributed by atoms with Gasteiger partial charge in [0, 0.05) is 17.0 Å². The number of H-pyrrole nitrogens is 1. The summed E-state index contributed by atoms with van der Waals surface area (Å²) in [5.74, 6) is 0.149. The Morgan fingerprint density at radius 3 is 2.69 bits per heavy atom. The molecule has 1 heterocycles. The minimum absolute atomic E-state index is 0.179. The van der Waals surface area contributed by atoms with Crippen LogP contribution in [0.3, 0.4) is 0 Å². The Labute approximate surface area is 152 Å². The Kier molecular flexibility index (Phi) is 6.77. The third-order valence-corrected chi connectivity index (χ3v) is 3.85. The van der Waals surface area contributed by atoms with Crippen LogP contribution in [0.15, 0.2) is 34.1 Å². The van der Waals surface area contributed by atoms with E-state index in [4.69, 9.17) is 4.74 Å². The second-order valence-corrected chi connectivity index (χ2v) is 6.45. The van der Waals surface area contributed by atoms with E-state index in [2.05, 4.69) is 29.1 Å². The summed E-state index contributed by atoms with van der Waals surface area (Å²) in [4.78, 5) is 30.4. The van der Waals surface area contributed by atoms with Gasteiger partial charge in [0.2, 0.25) is 5.88 Å². The highest BCUT2D eigenvalue weighted by Crippen LogP contribution is 2.20. The number of aliphatic imine (C=N–C) groups is 1. The standard InChI is InChI=1S/C19H25N3O4/c1-4-26-19(25)21-13(9-12(2)3)10-20-11-16-14-7-5-6-8-15(14)17(23)22-18(16)24/h5-8,11-13H,4,9-10H2,1-3H3,(H,21,25)(H2,22,23,24). The van der Waals surface area contributed by atoms with E-state index >= 15 is 0 Å².